The van der Waals surface area contributed by atoms with E-state index >= 15 is 0 Å². The van der Waals surface area contributed by atoms with Crippen LogP contribution in [0.4, 0.5) is 27.5 Å². The van der Waals surface area contributed by atoms with Crippen LogP contribution in [0.2, 0.25) is 0 Å². The minimum Gasteiger partial charge on any atom is -0.368 e. The summed E-state index contributed by atoms with van der Waals surface area (Å²) in [4.78, 5) is 50.6. The number of anilines is 4. The van der Waals surface area contributed by atoms with Crippen LogP contribution in [0.3, 0.4) is 0 Å². The van der Waals surface area contributed by atoms with Gasteiger partial charge >= 0.3 is 6.03 Å². The largest absolute Gasteiger partial charge is 0.368 e. The summed E-state index contributed by atoms with van der Waals surface area (Å²) in [5.41, 5.74) is 2.41. The molecule has 2 fully saturated rings. The second kappa shape index (κ2) is 9.38. The van der Waals surface area contributed by atoms with Crippen LogP contribution in [0.5, 0.6) is 0 Å². The van der Waals surface area contributed by atoms with Gasteiger partial charge in [-0.15, -0.1) is 0 Å². The molecule has 3 aliphatic rings. The van der Waals surface area contributed by atoms with Gasteiger partial charge < -0.3 is 9.80 Å². The first-order valence-corrected chi connectivity index (χ1v) is 13.6. The Balaban J connectivity index is 1.44. The fourth-order valence-corrected chi connectivity index (χ4v) is 6.54. The van der Waals surface area contributed by atoms with Gasteiger partial charge in [0, 0.05) is 31.0 Å². The predicted molar refractivity (Wildman–Crippen MR) is 156 cm³/mol. The van der Waals surface area contributed by atoms with E-state index in [4.69, 9.17) is 0 Å². The van der Waals surface area contributed by atoms with Gasteiger partial charge in [-0.3, -0.25) is 9.59 Å². The van der Waals surface area contributed by atoms with Gasteiger partial charge in [0.05, 0.1) is 17.4 Å². The molecule has 0 radical (unpaired) electrons. The number of hydrogen-bond donors (Lipinski definition) is 0. The normalized spacial score (nSPS) is 20.0. The lowest BCUT2D eigenvalue weighted by Crippen LogP contribution is -2.76. The monoisotopic (exact) mass is 528 g/mol. The van der Waals surface area contributed by atoms with E-state index in [2.05, 4.69) is 28.0 Å². The van der Waals surface area contributed by atoms with Gasteiger partial charge in [0.15, 0.2) is 5.41 Å². The Bertz CT molecular complexity index is 1530. The minimum atomic E-state index is -1.51. The molecule has 4 aromatic carbocycles. The molecular weight excluding hydrogens is 500 g/mol. The molecule has 1 unspecified atom stereocenters. The van der Waals surface area contributed by atoms with Crippen molar-refractivity contribution in [2.24, 2.45) is 5.41 Å². The topological polar surface area (TPSA) is 64.2 Å². The van der Waals surface area contributed by atoms with Crippen molar-refractivity contribution in [2.45, 2.75) is 12.5 Å². The highest BCUT2D eigenvalue weighted by atomic mass is 16.2. The molecule has 0 bridgehead atoms. The Hall–Kier alpha value is -4.91. The van der Waals surface area contributed by atoms with E-state index in [0.717, 1.165) is 23.5 Å². The Morgan fingerprint density at radius 2 is 1.07 bits per heavy atom. The van der Waals surface area contributed by atoms with Crippen molar-refractivity contribution in [2.75, 3.05) is 39.2 Å². The van der Waals surface area contributed by atoms with Crippen molar-refractivity contribution in [3.8, 4) is 0 Å². The standard InChI is InChI=1S/C33H28N4O3/c38-30-33(31(39)37(27-17-8-3-9-18-27)32(40)36(30)26-15-6-2-7-16-26)22-24-12-10-11-19-28(24)35-21-20-34(23-29(33)35)25-13-4-1-5-14-25/h1-19,29H,20-23H2. The van der Waals surface area contributed by atoms with E-state index in [-0.39, 0.29) is 6.42 Å². The Morgan fingerprint density at radius 3 is 1.65 bits per heavy atom. The number of fused-ring (bicyclic) bond motifs is 4. The molecule has 7 nitrogen and oxygen atoms in total. The quantitative estimate of drug-likeness (QED) is 0.345. The maximum absolute atomic E-state index is 14.8. The van der Waals surface area contributed by atoms with Crippen molar-refractivity contribution in [3.63, 3.8) is 0 Å². The van der Waals surface area contributed by atoms with Crippen molar-refractivity contribution in [1.29, 1.82) is 0 Å². The first-order valence-electron chi connectivity index (χ1n) is 13.6. The molecule has 0 N–H and O–H groups in total. The zero-order valence-electron chi connectivity index (χ0n) is 21.9. The van der Waals surface area contributed by atoms with Gasteiger partial charge in [-0.2, -0.15) is 0 Å². The zero-order chi connectivity index (χ0) is 27.3. The smallest absolute Gasteiger partial charge is 0.342 e. The van der Waals surface area contributed by atoms with Crippen molar-refractivity contribution < 1.29 is 14.4 Å². The lowest BCUT2D eigenvalue weighted by molar-refractivity contribution is -0.143. The number of urea groups is 1. The highest BCUT2D eigenvalue weighted by Crippen LogP contribution is 2.48. The van der Waals surface area contributed by atoms with Gasteiger partial charge in [0.1, 0.15) is 0 Å². The molecule has 4 amide bonds. The van der Waals surface area contributed by atoms with Crippen molar-refractivity contribution >= 4 is 40.6 Å². The molecule has 3 heterocycles. The number of carbonyl (C=O) groups is 3. The second-order valence-electron chi connectivity index (χ2n) is 10.5. The Labute approximate surface area is 232 Å². The molecule has 1 spiro atoms. The second-order valence-corrected chi connectivity index (χ2v) is 10.5. The molecule has 3 aliphatic heterocycles. The van der Waals surface area contributed by atoms with Crippen LogP contribution in [0.1, 0.15) is 5.56 Å². The summed E-state index contributed by atoms with van der Waals surface area (Å²) in [6.45, 7) is 1.86. The third-order valence-corrected chi connectivity index (χ3v) is 8.42. The summed E-state index contributed by atoms with van der Waals surface area (Å²) in [6.07, 6.45) is 0.213. The highest BCUT2D eigenvalue weighted by Gasteiger charge is 2.65. The van der Waals surface area contributed by atoms with E-state index < -0.39 is 29.3 Å². The van der Waals surface area contributed by atoms with Crippen LogP contribution in [0.15, 0.2) is 115 Å². The maximum atomic E-state index is 14.8. The van der Waals surface area contributed by atoms with Crippen molar-refractivity contribution in [3.05, 3.63) is 121 Å². The number of benzene rings is 4. The van der Waals surface area contributed by atoms with E-state index in [1.807, 2.05) is 48.5 Å². The van der Waals surface area contributed by atoms with E-state index in [0.29, 0.717) is 24.5 Å². The third-order valence-electron chi connectivity index (χ3n) is 8.42. The molecule has 0 saturated carbocycles. The average Bonchev–Trinajstić information content (AvgIpc) is 3.01. The number of hydrogen-bond acceptors (Lipinski definition) is 5. The zero-order valence-corrected chi connectivity index (χ0v) is 21.9. The molecule has 7 rings (SSSR count). The van der Waals surface area contributed by atoms with Crippen LogP contribution in [0, 0.1) is 5.41 Å². The minimum absolute atomic E-state index is 0.213. The molecule has 40 heavy (non-hydrogen) atoms. The van der Waals surface area contributed by atoms with Crippen LogP contribution in [0.25, 0.3) is 0 Å². The lowest BCUT2D eigenvalue weighted by atomic mass is 9.67. The predicted octanol–water partition coefficient (Wildman–Crippen LogP) is 5.12. The van der Waals surface area contributed by atoms with Crippen molar-refractivity contribution in [1.82, 2.24) is 0 Å². The molecule has 0 aliphatic carbocycles. The number of carbonyl (C=O) groups excluding carboxylic acids is 3. The molecule has 1 atom stereocenters. The summed E-state index contributed by atoms with van der Waals surface area (Å²) in [5, 5.41) is 0. The average molecular weight is 529 g/mol. The fourth-order valence-electron chi connectivity index (χ4n) is 6.54. The summed E-state index contributed by atoms with van der Waals surface area (Å²) < 4.78 is 0. The molecule has 4 aromatic rings. The van der Waals surface area contributed by atoms with Crippen LogP contribution >= 0.6 is 0 Å². The van der Waals surface area contributed by atoms with Gasteiger partial charge in [-0.1, -0.05) is 72.8 Å². The van der Waals surface area contributed by atoms with Gasteiger partial charge in [-0.05, 0) is 54.4 Å². The highest BCUT2D eigenvalue weighted by molar-refractivity contribution is 6.39. The first kappa shape index (κ1) is 24.2. The number of para-hydroxylation sites is 4. The van der Waals surface area contributed by atoms with E-state index in [9.17, 15) is 14.4 Å². The van der Waals surface area contributed by atoms with Gasteiger partial charge in [0.2, 0.25) is 0 Å². The molecule has 198 valence electrons. The first-order chi connectivity index (χ1) is 19.6. The summed E-state index contributed by atoms with van der Waals surface area (Å²) in [5.74, 6) is -0.944. The molecule has 7 heteroatoms. The number of rotatable bonds is 3. The summed E-state index contributed by atoms with van der Waals surface area (Å²) >= 11 is 0. The molecule has 2 saturated heterocycles. The number of amides is 4. The third kappa shape index (κ3) is 3.54. The molecular formula is C33H28N4O3. The Kier molecular flexibility index (Phi) is 5.66. The molecule has 0 aromatic heterocycles. The maximum Gasteiger partial charge on any atom is 0.342 e. The number of piperazine rings is 1. The van der Waals surface area contributed by atoms with Gasteiger partial charge in [0.25, 0.3) is 11.8 Å². The Morgan fingerprint density at radius 1 is 0.575 bits per heavy atom. The lowest BCUT2D eigenvalue weighted by Gasteiger charge is -2.57. The SMILES string of the molecule is O=C1N(c2ccccc2)C(=O)C2(Cc3ccccc3N3CCN(c4ccccc4)CC32)C(=O)N1c1ccccc1. The summed E-state index contributed by atoms with van der Waals surface area (Å²) in [7, 11) is 0. The fraction of sp³-hybridized carbons (Fsp3) is 0.182. The van der Waals surface area contributed by atoms with E-state index in [1.54, 1.807) is 48.5 Å². The summed E-state index contributed by atoms with van der Waals surface area (Å²) in [6, 6.07) is 34.8. The van der Waals surface area contributed by atoms with E-state index in [1.165, 1.54) is 9.80 Å². The van der Waals surface area contributed by atoms with Crippen LogP contribution in [-0.4, -0.2) is 43.5 Å². The van der Waals surface area contributed by atoms with Crippen LogP contribution < -0.4 is 19.6 Å². The van der Waals surface area contributed by atoms with Gasteiger partial charge in [-0.25, -0.2) is 14.6 Å². The number of imide groups is 2. The van der Waals surface area contributed by atoms with Crippen LogP contribution in [-0.2, 0) is 16.0 Å². The number of nitrogens with zero attached hydrogens (tertiary/aromatic N) is 4. The number of barbiturate groups is 1.